The Morgan fingerprint density at radius 3 is 2.52 bits per heavy atom. The number of rotatable bonds is 3. The van der Waals surface area contributed by atoms with Crippen LogP contribution in [0.5, 0.6) is 0 Å². The van der Waals surface area contributed by atoms with Gasteiger partial charge in [-0.3, -0.25) is 9.59 Å². The van der Waals surface area contributed by atoms with E-state index in [-0.39, 0.29) is 17.8 Å². The topological polar surface area (TPSA) is 46.6 Å². The lowest BCUT2D eigenvalue weighted by atomic mass is 9.94. The fourth-order valence-corrected chi connectivity index (χ4v) is 3.25. The molecule has 0 spiro atoms. The van der Waals surface area contributed by atoms with Crippen molar-refractivity contribution in [3.63, 3.8) is 0 Å². The minimum Gasteiger partial charge on any atom is -0.469 e. The summed E-state index contributed by atoms with van der Waals surface area (Å²) in [5.74, 6) is -0.266. The van der Waals surface area contributed by atoms with Crippen molar-refractivity contribution >= 4 is 23.5 Å². The van der Waals surface area contributed by atoms with Crippen LogP contribution < -0.4 is 0 Å². The molecule has 1 aromatic rings. The minimum absolute atomic E-state index is 0.135. The molecule has 0 bridgehead atoms. The van der Waals surface area contributed by atoms with E-state index in [2.05, 4.69) is 0 Å². The normalized spacial score (nSPS) is 23.0. The fourth-order valence-electron chi connectivity index (χ4n) is 3.13. The molecule has 3 rings (SSSR count). The third-order valence-electron chi connectivity index (χ3n) is 4.57. The molecule has 4 nitrogen and oxygen atoms in total. The van der Waals surface area contributed by atoms with Crippen LogP contribution in [0, 0.1) is 5.92 Å². The summed E-state index contributed by atoms with van der Waals surface area (Å²) < 4.78 is 4.77. The number of carbonyl (C=O) groups excluding carboxylic acids is 2. The van der Waals surface area contributed by atoms with Crippen molar-refractivity contribution < 1.29 is 14.3 Å². The van der Waals surface area contributed by atoms with E-state index in [4.69, 9.17) is 16.3 Å². The van der Waals surface area contributed by atoms with Crippen LogP contribution in [-0.2, 0) is 19.7 Å². The average molecular weight is 308 g/mol. The van der Waals surface area contributed by atoms with Gasteiger partial charge in [0.1, 0.15) is 0 Å². The van der Waals surface area contributed by atoms with Gasteiger partial charge in [0.2, 0.25) is 5.91 Å². The number of ether oxygens (including phenoxy) is 1. The first-order valence-corrected chi connectivity index (χ1v) is 7.58. The van der Waals surface area contributed by atoms with Crippen molar-refractivity contribution in [2.45, 2.75) is 24.7 Å². The van der Waals surface area contributed by atoms with E-state index in [0.717, 1.165) is 18.4 Å². The maximum absolute atomic E-state index is 12.8. The summed E-state index contributed by atoms with van der Waals surface area (Å²) in [4.78, 5) is 26.2. The second-order valence-electron chi connectivity index (χ2n) is 5.85. The molecule has 0 N–H and O–H groups in total. The van der Waals surface area contributed by atoms with Gasteiger partial charge in [-0.15, -0.1) is 0 Å². The van der Waals surface area contributed by atoms with Gasteiger partial charge in [0.15, 0.2) is 0 Å². The van der Waals surface area contributed by atoms with E-state index in [1.165, 1.54) is 7.11 Å². The molecule has 1 heterocycles. The van der Waals surface area contributed by atoms with Crippen LogP contribution in [0.2, 0.25) is 5.02 Å². The van der Waals surface area contributed by atoms with Crippen molar-refractivity contribution in [3.8, 4) is 0 Å². The van der Waals surface area contributed by atoms with Crippen molar-refractivity contribution in [1.82, 2.24) is 4.90 Å². The molecule has 2 fully saturated rings. The Morgan fingerprint density at radius 2 is 1.95 bits per heavy atom. The molecule has 1 saturated heterocycles. The summed E-state index contributed by atoms with van der Waals surface area (Å²) in [5.41, 5.74) is 0.633. The smallest absolute Gasteiger partial charge is 0.310 e. The summed E-state index contributed by atoms with van der Waals surface area (Å²) in [6, 6.07) is 7.51. The number of methoxy groups -OCH3 is 1. The Morgan fingerprint density at radius 1 is 1.29 bits per heavy atom. The second-order valence-corrected chi connectivity index (χ2v) is 6.29. The molecular weight excluding hydrogens is 290 g/mol. The van der Waals surface area contributed by atoms with E-state index in [1.807, 2.05) is 29.2 Å². The third-order valence-corrected chi connectivity index (χ3v) is 4.82. The van der Waals surface area contributed by atoms with Crippen LogP contribution in [0.3, 0.4) is 0 Å². The maximum atomic E-state index is 12.8. The molecule has 2 aliphatic rings. The highest BCUT2D eigenvalue weighted by Gasteiger charge is 2.54. The van der Waals surface area contributed by atoms with Gasteiger partial charge in [-0.25, -0.2) is 0 Å². The van der Waals surface area contributed by atoms with Crippen molar-refractivity contribution in [1.29, 1.82) is 0 Å². The molecule has 5 heteroatoms. The van der Waals surface area contributed by atoms with Gasteiger partial charge in [-0.05, 0) is 37.0 Å². The van der Waals surface area contributed by atoms with Crippen LogP contribution in [0.25, 0.3) is 0 Å². The quantitative estimate of drug-likeness (QED) is 0.806. The van der Waals surface area contributed by atoms with E-state index in [1.54, 1.807) is 0 Å². The molecule has 1 aromatic carbocycles. The fraction of sp³-hybridized carbons (Fsp3) is 0.500. The van der Waals surface area contributed by atoms with Gasteiger partial charge in [0.05, 0.1) is 18.4 Å². The Balaban J connectivity index is 1.74. The van der Waals surface area contributed by atoms with Crippen LogP contribution in [0.4, 0.5) is 0 Å². The number of amides is 1. The van der Waals surface area contributed by atoms with Gasteiger partial charge >= 0.3 is 5.97 Å². The molecule has 0 radical (unpaired) electrons. The van der Waals surface area contributed by atoms with E-state index in [0.29, 0.717) is 24.5 Å². The molecule has 112 valence electrons. The Bertz CT molecular complexity index is 565. The summed E-state index contributed by atoms with van der Waals surface area (Å²) in [5, 5.41) is 0.675. The number of likely N-dealkylation sites (tertiary alicyclic amines) is 1. The lowest BCUT2D eigenvalue weighted by Gasteiger charge is -2.23. The van der Waals surface area contributed by atoms with Crippen molar-refractivity contribution in [2.24, 2.45) is 5.92 Å². The number of nitrogens with zero attached hydrogens (tertiary/aromatic N) is 1. The summed E-state index contributed by atoms with van der Waals surface area (Å²) >= 11 is 5.91. The molecule has 1 aliphatic heterocycles. The lowest BCUT2D eigenvalue weighted by molar-refractivity contribution is -0.145. The summed E-state index contributed by atoms with van der Waals surface area (Å²) in [7, 11) is 1.39. The van der Waals surface area contributed by atoms with Crippen LogP contribution in [0.1, 0.15) is 24.8 Å². The maximum Gasteiger partial charge on any atom is 0.310 e. The Labute approximate surface area is 129 Å². The zero-order valence-corrected chi connectivity index (χ0v) is 12.7. The largest absolute Gasteiger partial charge is 0.469 e. The highest BCUT2D eigenvalue weighted by atomic mass is 35.5. The zero-order valence-electron chi connectivity index (χ0n) is 12.0. The zero-order chi connectivity index (χ0) is 15.0. The number of hydrogen-bond acceptors (Lipinski definition) is 3. The first-order valence-electron chi connectivity index (χ1n) is 7.20. The predicted molar refractivity (Wildman–Crippen MR) is 79.1 cm³/mol. The SMILES string of the molecule is COC(=O)C1CCN(C(=O)C2(c3ccc(Cl)cc3)CC2)C1. The van der Waals surface area contributed by atoms with E-state index >= 15 is 0 Å². The van der Waals surface area contributed by atoms with Crippen molar-refractivity contribution in [3.05, 3.63) is 34.9 Å². The molecule has 1 aliphatic carbocycles. The van der Waals surface area contributed by atoms with Crippen molar-refractivity contribution in [2.75, 3.05) is 20.2 Å². The van der Waals surface area contributed by atoms with Crippen LogP contribution in [0.15, 0.2) is 24.3 Å². The van der Waals surface area contributed by atoms with Gasteiger partial charge in [-0.1, -0.05) is 23.7 Å². The number of esters is 1. The van der Waals surface area contributed by atoms with Gasteiger partial charge in [-0.2, -0.15) is 0 Å². The Hall–Kier alpha value is -1.55. The second kappa shape index (κ2) is 5.34. The minimum atomic E-state index is -0.393. The number of halogens is 1. The molecule has 21 heavy (non-hydrogen) atoms. The lowest BCUT2D eigenvalue weighted by Crippen LogP contribution is -2.38. The number of hydrogen-bond donors (Lipinski definition) is 0. The summed E-state index contributed by atoms with van der Waals surface area (Å²) in [6.07, 6.45) is 2.43. The van der Waals surface area contributed by atoms with Crippen LogP contribution in [-0.4, -0.2) is 37.0 Å². The predicted octanol–water partition coefficient (Wildman–Crippen LogP) is 2.39. The monoisotopic (exact) mass is 307 g/mol. The summed E-state index contributed by atoms with van der Waals surface area (Å²) in [6.45, 7) is 1.11. The molecule has 1 unspecified atom stereocenters. The van der Waals surface area contributed by atoms with Crippen LogP contribution >= 0.6 is 11.6 Å². The highest BCUT2D eigenvalue weighted by molar-refractivity contribution is 6.30. The van der Waals surface area contributed by atoms with E-state index in [9.17, 15) is 9.59 Å². The standard InChI is InChI=1S/C16H18ClNO3/c1-21-14(19)11-6-9-18(10-11)15(20)16(7-8-16)12-2-4-13(17)5-3-12/h2-5,11H,6-10H2,1H3. The molecular formula is C16H18ClNO3. The van der Waals surface area contributed by atoms with Gasteiger partial charge in [0, 0.05) is 18.1 Å². The molecule has 0 aromatic heterocycles. The van der Waals surface area contributed by atoms with E-state index < -0.39 is 5.41 Å². The first-order chi connectivity index (χ1) is 10.1. The van der Waals surface area contributed by atoms with Gasteiger partial charge < -0.3 is 9.64 Å². The number of benzene rings is 1. The Kier molecular flexibility index (Phi) is 3.66. The molecule has 1 atom stereocenters. The molecule has 1 amide bonds. The highest BCUT2D eigenvalue weighted by Crippen LogP contribution is 2.50. The first kappa shape index (κ1) is 14.4. The molecule has 1 saturated carbocycles. The average Bonchev–Trinajstić information content (AvgIpc) is 3.16. The third kappa shape index (κ3) is 2.53. The van der Waals surface area contributed by atoms with Gasteiger partial charge in [0.25, 0.3) is 0 Å². The number of carbonyl (C=O) groups is 2.